The van der Waals surface area contributed by atoms with Gasteiger partial charge in [-0.2, -0.15) is 0 Å². The van der Waals surface area contributed by atoms with E-state index in [1.165, 1.54) is 17.8 Å². The second-order valence-corrected chi connectivity index (χ2v) is 10.3. The Morgan fingerprint density at radius 2 is 2.06 bits per heavy atom. The van der Waals surface area contributed by atoms with Crippen LogP contribution in [0.15, 0.2) is 6.33 Å². The number of hydrogen-bond donors (Lipinski definition) is 5. The maximum Gasteiger partial charge on any atom is 0.359 e. The Hall–Kier alpha value is -1.66. The van der Waals surface area contributed by atoms with Crippen molar-refractivity contribution in [3.63, 3.8) is 0 Å². The molecule has 174 valence electrons. The summed E-state index contributed by atoms with van der Waals surface area (Å²) in [5, 5.41) is 28.3. The molecule has 0 amide bonds. The zero-order valence-electron chi connectivity index (χ0n) is 18.0. The zero-order valence-corrected chi connectivity index (χ0v) is 18.9. The molecule has 3 heterocycles. The summed E-state index contributed by atoms with van der Waals surface area (Å²) in [7, 11) is -4.48. The number of nitrogen functional groups attached to an aromatic ring is 1. The van der Waals surface area contributed by atoms with Gasteiger partial charge in [0, 0.05) is 0 Å². The minimum absolute atomic E-state index is 0.0111. The molecule has 0 radical (unpaired) electrons. The highest BCUT2D eigenvalue weighted by molar-refractivity contribution is 7.54. The van der Waals surface area contributed by atoms with E-state index in [-0.39, 0.29) is 36.4 Å². The van der Waals surface area contributed by atoms with Gasteiger partial charge in [-0.05, 0) is 26.7 Å². The summed E-state index contributed by atoms with van der Waals surface area (Å²) in [5.74, 6) is -0.212. The standard InChI is InChI=1S/C18H30N5O7P/c1-5-17(3,30-31(27,28)18(4,26)6-2)10-8-29-16(11(25)7-24)23-14(10)22-12-13(19)20-9-21-15(12)23/h9-11,16,24-26H,5-8H2,1-4H3,(H,27,28)(H2,19,20,21)/t10-,11-,16?,17?,18?/m1/s1. The van der Waals surface area contributed by atoms with E-state index in [9.17, 15) is 24.8 Å². The van der Waals surface area contributed by atoms with Gasteiger partial charge >= 0.3 is 7.60 Å². The number of anilines is 1. The van der Waals surface area contributed by atoms with E-state index in [4.69, 9.17) is 15.0 Å². The molecule has 2 aromatic heterocycles. The van der Waals surface area contributed by atoms with E-state index in [2.05, 4.69) is 15.0 Å². The second kappa shape index (κ2) is 8.36. The maximum absolute atomic E-state index is 12.9. The lowest BCUT2D eigenvalue weighted by molar-refractivity contribution is -0.134. The molecular formula is C18H30N5O7P. The topological polar surface area (TPSA) is 186 Å². The molecule has 6 atom stereocenters. The predicted molar refractivity (Wildman–Crippen MR) is 111 cm³/mol. The van der Waals surface area contributed by atoms with Gasteiger partial charge < -0.3 is 30.7 Å². The predicted octanol–water partition coefficient (Wildman–Crippen LogP) is 0.863. The minimum Gasteiger partial charge on any atom is -0.394 e. The average Bonchev–Trinajstić information content (AvgIpc) is 3.13. The molecule has 0 aromatic carbocycles. The van der Waals surface area contributed by atoms with Gasteiger partial charge in [0.25, 0.3) is 0 Å². The van der Waals surface area contributed by atoms with Crippen molar-refractivity contribution >= 4 is 24.6 Å². The Morgan fingerprint density at radius 3 is 2.65 bits per heavy atom. The van der Waals surface area contributed by atoms with Crippen LogP contribution >= 0.6 is 7.60 Å². The molecule has 12 nitrogen and oxygen atoms in total. The SMILES string of the molecule is CCC(C)(OP(=O)(O)C(C)(O)CC)[C@@H]1COC([C@H](O)CO)n2c1nc1c(N)ncnc12. The summed E-state index contributed by atoms with van der Waals surface area (Å²) in [6, 6.07) is 0. The highest BCUT2D eigenvalue weighted by atomic mass is 31.2. The number of aliphatic hydroxyl groups excluding tert-OH is 2. The van der Waals surface area contributed by atoms with Crippen molar-refractivity contribution in [1.29, 1.82) is 0 Å². The van der Waals surface area contributed by atoms with Crippen molar-refractivity contribution in [2.45, 2.75) is 69.7 Å². The van der Waals surface area contributed by atoms with Gasteiger partial charge in [-0.25, -0.2) is 15.0 Å². The molecule has 0 aliphatic carbocycles. The average molecular weight is 459 g/mol. The molecular weight excluding hydrogens is 429 g/mol. The van der Waals surface area contributed by atoms with Gasteiger partial charge in [0.2, 0.25) is 0 Å². The van der Waals surface area contributed by atoms with Gasteiger partial charge in [-0.1, -0.05) is 13.8 Å². The van der Waals surface area contributed by atoms with Crippen LogP contribution in [-0.2, 0) is 13.8 Å². The number of fused-ring (bicyclic) bond motifs is 3. The molecule has 0 spiro atoms. The van der Waals surface area contributed by atoms with Gasteiger partial charge in [0.15, 0.2) is 28.6 Å². The van der Waals surface area contributed by atoms with Crippen LogP contribution in [0.1, 0.15) is 58.5 Å². The highest BCUT2D eigenvalue weighted by Gasteiger charge is 2.51. The molecule has 1 aliphatic rings. The second-order valence-electron chi connectivity index (χ2n) is 8.15. The lowest BCUT2D eigenvalue weighted by Crippen LogP contribution is -2.46. The highest BCUT2D eigenvalue weighted by Crippen LogP contribution is 2.60. The van der Waals surface area contributed by atoms with Gasteiger partial charge in [0.05, 0.1) is 24.7 Å². The monoisotopic (exact) mass is 459 g/mol. The van der Waals surface area contributed by atoms with Gasteiger partial charge in [0.1, 0.15) is 18.3 Å². The summed E-state index contributed by atoms with van der Waals surface area (Å²) in [5.41, 5.74) is 5.24. The third-order valence-electron chi connectivity index (χ3n) is 6.10. The van der Waals surface area contributed by atoms with E-state index in [0.29, 0.717) is 5.82 Å². The van der Waals surface area contributed by atoms with Crippen LogP contribution in [0.25, 0.3) is 11.2 Å². The summed E-state index contributed by atoms with van der Waals surface area (Å²) in [4.78, 5) is 23.2. The first-order valence-electron chi connectivity index (χ1n) is 10.1. The normalized spacial score (nSPS) is 25.9. The summed E-state index contributed by atoms with van der Waals surface area (Å²) < 4.78 is 26.0. The Kier molecular flexibility index (Phi) is 6.47. The van der Waals surface area contributed by atoms with E-state index in [1.54, 1.807) is 20.8 Å². The quantitative estimate of drug-likeness (QED) is 0.352. The number of aliphatic hydroxyl groups is 3. The van der Waals surface area contributed by atoms with Crippen molar-refractivity contribution < 1.29 is 34.0 Å². The van der Waals surface area contributed by atoms with Crippen LogP contribution in [-0.4, -0.2) is 70.0 Å². The third-order valence-corrected chi connectivity index (χ3v) is 8.30. The summed E-state index contributed by atoms with van der Waals surface area (Å²) in [6.07, 6.45) is -0.739. The first kappa shape index (κ1) is 24.0. The fourth-order valence-electron chi connectivity index (χ4n) is 3.56. The molecule has 0 saturated heterocycles. The van der Waals surface area contributed by atoms with E-state index in [1.807, 2.05) is 0 Å². The van der Waals surface area contributed by atoms with Crippen molar-refractivity contribution in [2.75, 3.05) is 18.9 Å². The summed E-state index contributed by atoms with van der Waals surface area (Å²) >= 11 is 0. The zero-order chi connectivity index (χ0) is 23.2. The Balaban J connectivity index is 2.15. The largest absolute Gasteiger partial charge is 0.394 e. The maximum atomic E-state index is 12.9. The van der Waals surface area contributed by atoms with Crippen LogP contribution in [0.3, 0.4) is 0 Å². The van der Waals surface area contributed by atoms with Gasteiger partial charge in [-0.3, -0.25) is 13.7 Å². The molecule has 2 aromatic rings. The van der Waals surface area contributed by atoms with Crippen LogP contribution < -0.4 is 5.73 Å². The number of hydrogen-bond acceptors (Lipinski definition) is 10. The molecule has 1 aliphatic heterocycles. The lowest BCUT2D eigenvalue weighted by Gasteiger charge is -2.43. The Morgan fingerprint density at radius 1 is 1.39 bits per heavy atom. The number of ether oxygens (including phenoxy) is 1. The fraction of sp³-hybridized carbons (Fsp3) is 0.722. The Bertz CT molecular complexity index is 999. The van der Waals surface area contributed by atoms with E-state index >= 15 is 0 Å². The van der Waals surface area contributed by atoms with Crippen LogP contribution in [0.2, 0.25) is 0 Å². The van der Waals surface area contributed by atoms with E-state index in [0.717, 1.165) is 0 Å². The van der Waals surface area contributed by atoms with Crippen molar-refractivity contribution in [1.82, 2.24) is 19.5 Å². The summed E-state index contributed by atoms with van der Waals surface area (Å²) in [6.45, 7) is 5.65. The van der Waals surface area contributed by atoms with Crippen LogP contribution in [0.5, 0.6) is 0 Å². The smallest absolute Gasteiger partial charge is 0.359 e. The number of nitrogens with two attached hydrogens (primary N) is 1. The van der Waals surface area contributed by atoms with E-state index < -0.39 is 43.4 Å². The molecule has 13 heteroatoms. The van der Waals surface area contributed by atoms with Crippen molar-refractivity contribution in [2.24, 2.45) is 0 Å². The van der Waals surface area contributed by atoms with Crippen molar-refractivity contribution in [3.05, 3.63) is 12.2 Å². The number of imidazole rings is 1. The molecule has 0 saturated carbocycles. The fourth-order valence-corrected chi connectivity index (χ4v) is 4.98. The molecule has 4 unspecified atom stereocenters. The van der Waals surface area contributed by atoms with Crippen LogP contribution in [0, 0.1) is 0 Å². The Labute approximate surface area is 179 Å². The molecule has 3 rings (SSSR count). The number of rotatable bonds is 8. The van der Waals surface area contributed by atoms with Crippen LogP contribution in [0.4, 0.5) is 5.82 Å². The first-order valence-corrected chi connectivity index (χ1v) is 11.6. The molecule has 0 fully saturated rings. The number of nitrogens with zero attached hydrogens (tertiary/aromatic N) is 4. The molecule has 6 N–H and O–H groups in total. The minimum atomic E-state index is -4.48. The molecule has 31 heavy (non-hydrogen) atoms. The van der Waals surface area contributed by atoms with Gasteiger partial charge in [-0.15, -0.1) is 0 Å². The van der Waals surface area contributed by atoms with Crippen molar-refractivity contribution in [3.8, 4) is 0 Å². The third kappa shape index (κ3) is 3.97. The lowest BCUT2D eigenvalue weighted by atomic mass is 9.86. The number of aromatic nitrogens is 4. The molecule has 0 bridgehead atoms. The first-order chi connectivity index (χ1) is 14.4.